The molecule has 1 aliphatic heterocycles. The molecule has 0 saturated carbocycles. The van der Waals surface area contributed by atoms with Crippen molar-refractivity contribution in [1.82, 2.24) is 10.2 Å². The predicted octanol–water partition coefficient (Wildman–Crippen LogP) is 3.25. The first kappa shape index (κ1) is 17.3. The summed E-state index contributed by atoms with van der Waals surface area (Å²) in [5.41, 5.74) is 0.999. The number of carbonyl (C=O) groups is 1. The highest BCUT2D eigenvalue weighted by atomic mass is 35.5. The number of halogens is 2. The fourth-order valence-electron chi connectivity index (χ4n) is 2.46. The van der Waals surface area contributed by atoms with Gasteiger partial charge in [0.1, 0.15) is 0 Å². The fraction of sp³-hybridized carbons (Fsp3) is 0.533. The van der Waals surface area contributed by atoms with Gasteiger partial charge in [-0.1, -0.05) is 29.8 Å². The zero-order valence-electron chi connectivity index (χ0n) is 11.8. The molecule has 1 aromatic carbocycles. The van der Waals surface area contributed by atoms with Crippen LogP contribution >= 0.6 is 24.0 Å². The van der Waals surface area contributed by atoms with Crippen LogP contribution < -0.4 is 5.32 Å². The maximum absolute atomic E-state index is 12.1. The Balaban J connectivity index is 0.00000200. The van der Waals surface area contributed by atoms with E-state index in [-0.39, 0.29) is 18.3 Å². The van der Waals surface area contributed by atoms with Crippen LogP contribution in [-0.4, -0.2) is 30.4 Å². The van der Waals surface area contributed by atoms with Crippen molar-refractivity contribution in [1.29, 1.82) is 0 Å². The Morgan fingerprint density at radius 2 is 2.20 bits per heavy atom. The first-order valence-corrected chi connectivity index (χ1v) is 7.25. The third-order valence-electron chi connectivity index (χ3n) is 3.66. The molecule has 112 valence electrons. The molecule has 1 N–H and O–H groups in total. The lowest BCUT2D eigenvalue weighted by Crippen LogP contribution is -2.29. The predicted molar refractivity (Wildman–Crippen MR) is 85.4 cm³/mol. The monoisotopic (exact) mass is 316 g/mol. The molecule has 2 rings (SSSR count). The number of amides is 1. The molecule has 0 spiro atoms. The standard InChI is InChI=1S/C15H21ClN2O.ClH/c1-18(11-12-5-2-3-7-14(12)16)15(19)9-8-13-6-4-10-17-13;/h2-3,5,7,13,17H,4,6,8-11H2,1H3;1H. The second kappa shape index (κ2) is 8.50. The molecule has 1 unspecified atom stereocenters. The van der Waals surface area contributed by atoms with Crippen molar-refractivity contribution in [3.8, 4) is 0 Å². The van der Waals surface area contributed by atoms with Gasteiger partial charge in [0, 0.05) is 31.1 Å². The fourth-order valence-corrected chi connectivity index (χ4v) is 2.66. The summed E-state index contributed by atoms with van der Waals surface area (Å²) in [7, 11) is 1.84. The lowest BCUT2D eigenvalue weighted by Gasteiger charge is -2.19. The van der Waals surface area contributed by atoms with Crippen LogP contribution in [0.3, 0.4) is 0 Å². The summed E-state index contributed by atoms with van der Waals surface area (Å²) in [4.78, 5) is 13.8. The molecule has 1 saturated heterocycles. The van der Waals surface area contributed by atoms with E-state index in [1.54, 1.807) is 4.90 Å². The van der Waals surface area contributed by atoms with Crippen molar-refractivity contribution in [2.75, 3.05) is 13.6 Å². The third-order valence-corrected chi connectivity index (χ3v) is 4.03. The number of nitrogens with zero attached hydrogens (tertiary/aromatic N) is 1. The SMILES string of the molecule is CN(Cc1ccccc1Cl)C(=O)CCC1CCCN1.Cl. The van der Waals surface area contributed by atoms with Gasteiger partial charge in [0.2, 0.25) is 5.91 Å². The maximum atomic E-state index is 12.1. The minimum atomic E-state index is 0. The molecule has 5 heteroatoms. The van der Waals surface area contributed by atoms with E-state index < -0.39 is 0 Å². The highest BCUT2D eigenvalue weighted by molar-refractivity contribution is 6.31. The van der Waals surface area contributed by atoms with Crippen molar-refractivity contribution in [3.63, 3.8) is 0 Å². The summed E-state index contributed by atoms with van der Waals surface area (Å²) in [5.74, 6) is 0.189. The van der Waals surface area contributed by atoms with Gasteiger partial charge in [-0.15, -0.1) is 12.4 Å². The van der Waals surface area contributed by atoms with Gasteiger partial charge in [0.05, 0.1) is 0 Å². The van der Waals surface area contributed by atoms with Crippen LogP contribution in [0.15, 0.2) is 24.3 Å². The molecule has 1 heterocycles. The molecule has 0 radical (unpaired) electrons. The highest BCUT2D eigenvalue weighted by Crippen LogP contribution is 2.17. The van der Waals surface area contributed by atoms with Crippen LogP contribution in [0.5, 0.6) is 0 Å². The maximum Gasteiger partial charge on any atom is 0.222 e. The highest BCUT2D eigenvalue weighted by Gasteiger charge is 2.17. The van der Waals surface area contributed by atoms with Gasteiger partial charge in [0.25, 0.3) is 0 Å². The first-order chi connectivity index (χ1) is 9.16. The zero-order chi connectivity index (χ0) is 13.7. The lowest BCUT2D eigenvalue weighted by molar-refractivity contribution is -0.130. The summed E-state index contributed by atoms with van der Waals surface area (Å²) < 4.78 is 0. The van der Waals surface area contributed by atoms with E-state index in [0.29, 0.717) is 19.0 Å². The quantitative estimate of drug-likeness (QED) is 0.904. The Hall–Kier alpha value is -0.770. The second-order valence-corrected chi connectivity index (χ2v) is 5.58. The van der Waals surface area contributed by atoms with E-state index in [1.165, 1.54) is 12.8 Å². The Kier molecular flexibility index (Phi) is 7.35. The minimum absolute atomic E-state index is 0. The van der Waals surface area contributed by atoms with Crippen LogP contribution in [0.2, 0.25) is 5.02 Å². The Morgan fingerprint density at radius 3 is 2.85 bits per heavy atom. The van der Waals surface area contributed by atoms with Gasteiger partial charge in [-0.3, -0.25) is 4.79 Å². The molecule has 1 atom stereocenters. The topological polar surface area (TPSA) is 32.3 Å². The molecular formula is C15H22Cl2N2O. The van der Waals surface area contributed by atoms with Crippen LogP contribution in [0, 0.1) is 0 Å². The van der Waals surface area contributed by atoms with Crippen LogP contribution in [0.4, 0.5) is 0 Å². The molecule has 1 amide bonds. The number of nitrogens with one attached hydrogen (secondary N) is 1. The minimum Gasteiger partial charge on any atom is -0.341 e. The number of rotatable bonds is 5. The summed E-state index contributed by atoms with van der Waals surface area (Å²) in [6.45, 7) is 1.67. The van der Waals surface area contributed by atoms with Crippen molar-refractivity contribution >= 4 is 29.9 Å². The van der Waals surface area contributed by atoms with Crippen molar-refractivity contribution in [3.05, 3.63) is 34.9 Å². The number of carbonyl (C=O) groups excluding carboxylic acids is 1. The van der Waals surface area contributed by atoms with Gasteiger partial charge in [-0.05, 0) is 37.4 Å². The molecule has 20 heavy (non-hydrogen) atoms. The summed E-state index contributed by atoms with van der Waals surface area (Å²) in [6, 6.07) is 8.20. The smallest absolute Gasteiger partial charge is 0.222 e. The van der Waals surface area contributed by atoms with E-state index in [2.05, 4.69) is 5.32 Å². The van der Waals surface area contributed by atoms with Gasteiger partial charge in [-0.2, -0.15) is 0 Å². The Labute approximate surface area is 132 Å². The van der Waals surface area contributed by atoms with Gasteiger partial charge >= 0.3 is 0 Å². The van der Waals surface area contributed by atoms with Crippen molar-refractivity contribution < 1.29 is 4.79 Å². The number of benzene rings is 1. The van der Waals surface area contributed by atoms with Crippen molar-refractivity contribution in [2.45, 2.75) is 38.3 Å². The number of hydrogen-bond acceptors (Lipinski definition) is 2. The van der Waals surface area contributed by atoms with Crippen LogP contribution in [0.1, 0.15) is 31.2 Å². The third kappa shape index (κ3) is 4.97. The molecular weight excluding hydrogens is 295 g/mol. The van der Waals surface area contributed by atoms with Crippen LogP contribution in [0.25, 0.3) is 0 Å². The van der Waals surface area contributed by atoms with E-state index >= 15 is 0 Å². The Bertz CT molecular complexity index is 434. The molecule has 0 aromatic heterocycles. The average molecular weight is 317 g/mol. The second-order valence-electron chi connectivity index (χ2n) is 5.17. The van der Waals surface area contributed by atoms with E-state index in [4.69, 9.17) is 11.6 Å². The van der Waals surface area contributed by atoms with Gasteiger partial charge < -0.3 is 10.2 Å². The summed E-state index contributed by atoms with van der Waals surface area (Å²) >= 11 is 6.11. The lowest BCUT2D eigenvalue weighted by atomic mass is 10.1. The van der Waals surface area contributed by atoms with E-state index in [9.17, 15) is 4.79 Å². The van der Waals surface area contributed by atoms with E-state index in [1.807, 2.05) is 31.3 Å². The van der Waals surface area contributed by atoms with Gasteiger partial charge in [0.15, 0.2) is 0 Å². The summed E-state index contributed by atoms with van der Waals surface area (Å²) in [5, 5.41) is 4.14. The average Bonchev–Trinajstić information content (AvgIpc) is 2.91. The normalized spacial score (nSPS) is 17.6. The van der Waals surface area contributed by atoms with E-state index in [0.717, 1.165) is 23.6 Å². The molecule has 1 aliphatic rings. The van der Waals surface area contributed by atoms with Crippen LogP contribution in [-0.2, 0) is 11.3 Å². The largest absolute Gasteiger partial charge is 0.341 e. The zero-order valence-corrected chi connectivity index (χ0v) is 13.3. The molecule has 1 fully saturated rings. The molecule has 3 nitrogen and oxygen atoms in total. The Morgan fingerprint density at radius 1 is 1.45 bits per heavy atom. The first-order valence-electron chi connectivity index (χ1n) is 6.87. The molecule has 0 bridgehead atoms. The molecule has 1 aromatic rings. The molecule has 0 aliphatic carbocycles. The summed E-state index contributed by atoms with van der Waals surface area (Å²) in [6.07, 6.45) is 3.97. The van der Waals surface area contributed by atoms with Crippen molar-refractivity contribution in [2.24, 2.45) is 0 Å². The number of hydrogen-bond donors (Lipinski definition) is 1. The van der Waals surface area contributed by atoms with Gasteiger partial charge in [-0.25, -0.2) is 0 Å².